The molecule has 0 saturated heterocycles. The Morgan fingerprint density at radius 1 is 1.39 bits per heavy atom. The van der Waals surface area contributed by atoms with Crippen LogP contribution in [0, 0.1) is 5.92 Å². The smallest absolute Gasteiger partial charge is 0.113 e. The lowest BCUT2D eigenvalue weighted by molar-refractivity contribution is 0.266. The van der Waals surface area contributed by atoms with Gasteiger partial charge < -0.3 is 5.32 Å². The zero-order valence-corrected chi connectivity index (χ0v) is 13.0. The van der Waals surface area contributed by atoms with E-state index in [-0.39, 0.29) is 5.54 Å². The van der Waals surface area contributed by atoms with Crippen molar-refractivity contribution in [1.29, 1.82) is 0 Å². The molecule has 1 aliphatic rings. The quantitative estimate of drug-likeness (QED) is 0.845. The molecule has 0 spiro atoms. The summed E-state index contributed by atoms with van der Waals surface area (Å²) in [5.74, 6) is 0.746. The third-order valence-electron chi connectivity index (χ3n) is 4.48. The summed E-state index contributed by atoms with van der Waals surface area (Å²) >= 11 is 1.96. The van der Waals surface area contributed by atoms with Gasteiger partial charge in [0.05, 0.1) is 11.2 Å². The first kappa shape index (κ1) is 14.0. The van der Waals surface area contributed by atoms with Crippen LogP contribution in [-0.4, -0.2) is 12.0 Å². The number of thiazole rings is 1. The van der Waals surface area contributed by atoms with E-state index < -0.39 is 0 Å². The van der Waals surface area contributed by atoms with Crippen molar-refractivity contribution in [3.63, 3.8) is 0 Å². The van der Waals surface area contributed by atoms with Gasteiger partial charge in [0.1, 0.15) is 5.01 Å². The molecule has 0 amide bonds. The van der Waals surface area contributed by atoms with Crippen LogP contribution in [0.1, 0.15) is 62.0 Å². The van der Waals surface area contributed by atoms with Crippen LogP contribution in [0.3, 0.4) is 0 Å². The Morgan fingerprint density at radius 2 is 2.17 bits per heavy atom. The number of rotatable bonds is 6. The van der Waals surface area contributed by atoms with E-state index in [0.29, 0.717) is 0 Å². The van der Waals surface area contributed by atoms with Gasteiger partial charge in [-0.05, 0) is 45.1 Å². The van der Waals surface area contributed by atoms with Crippen molar-refractivity contribution in [1.82, 2.24) is 10.3 Å². The third kappa shape index (κ3) is 2.48. The molecule has 1 aliphatic carbocycles. The number of aromatic nitrogens is 1. The maximum absolute atomic E-state index is 4.95. The Balaban J connectivity index is 2.27. The average molecular weight is 266 g/mol. The van der Waals surface area contributed by atoms with Gasteiger partial charge in [-0.2, -0.15) is 0 Å². The second-order valence-corrected chi connectivity index (χ2v) is 6.73. The second kappa shape index (κ2) is 5.70. The van der Waals surface area contributed by atoms with E-state index >= 15 is 0 Å². The summed E-state index contributed by atoms with van der Waals surface area (Å²) in [5.41, 5.74) is 1.48. The molecule has 2 nitrogen and oxygen atoms in total. The van der Waals surface area contributed by atoms with Crippen LogP contribution in [0.2, 0.25) is 0 Å². The monoisotopic (exact) mass is 266 g/mol. The normalized spacial score (nSPS) is 19.6. The van der Waals surface area contributed by atoms with E-state index in [0.717, 1.165) is 12.3 Å². The number of nitrogens with zero attached hydrogens (tertiary/aromatic N) is 1. The first-order valence-electron chi connectivity index (χ1n) is 7.33. The van der Waals surface area contributed by atoms with Gasteiger partial charge in [0.25, 0.3) is 0 Å². The maximum atomic E-state index is 4.95. The lowest BCUT2D eigenvalue weighted by Crippen LogP contribution is -2.40. The number of hydrogen-bond donors (Lipinski definition) is 1. The van der Waals surface area contributed by atoms with Crippen molar-refractivity contribution in [3.05, 3.63) is 15.6 Å². The number of fused-ring (bicyclic) bond motifs is 1. The lowest BCUT2D eigenvalue weighted by Gasteiger charge is -2.33. The summed E-state index contributed by atoms with van der Waals surface area (Å²) in [6.45, 7) is 6.91. The molecule has 0 bridgehead atoms. The highest BCUT2D eigenvalue weighted by atomic mass is 32.1. The average Bonchev–Trinajstić information content (AvgIpc) is 2.96. The van der Waals surface area contributed by atoms with Crippen LogP contribution in [0.4, 0.5) is 0 Å². The maximum Gasteiger partial charge on any atom is 0.113 e. The summed E-state index contributed by atoms with van der Waals surface area (Å²) in [6, 6.07) is 0. The molecular formula is C15H26N2S. The molecule has 0 fully saturated rings. The van der Waals surface area contributed by atoms with Crippen LogP contribution in [0.25, 0.3) is 0 Å². The van der Waals surface area contributed by atoms with Crippen molar-refractivity contribution in [3.8, 4) is 0 Å². The molecule has 3 heteroatoms. The fourth-order valence-corrected chi connectivity index (χ4v) is 4.33. The lowest BCUT2D eigenvalue weighted by atomic mass is 9.85. The highest BCUT2D eigenvalue weighted by Gasteiger charge is 2.34. The molecule has 1 aromatic rings. The second-order valence-electron chi connectivity index (χ2n) is 5.65. The molecule has 102 valence electrons. The molecule has 2 rings (SSSR count). The zero-order valence-electron chi connectivity index (χ0n) is 12.2. The van der Waals surface area contributed by atoms with Crippen LogP contribution in [0.15, 0.2) is 0 Å². The first-order chi connectivity index (χ1) is 8.65. The van der Waals surface area contributed by atoms with Crippen molar-refractivity contribution < 1.29 is 0 Å². The Bertz CT molecular complexity index is 372. The van der Waals surface area contributed by atoms with Gasteiger partial charge in [0.2, 0.25) is 0 Å². The minimum Gasteiger partial charge on any atom is -0.308 e. The minimum atomic E-state index is 0.102. The van der Waals surface area contributed by atoms with Gasteiger partial charge in [0, 0.05) is 4.88 Å². The fourth-order valence-electron chi connectivity index (χ4n) is 2.90. The summed E-state index contributed by atoms with van der Waals surface area (Å²) in [5, 5.41) is 4.91. The molecule has 0 aromatic carbocycles. The molecule has 18 heavy (non-hydrogen) atoms. The minimum absolute atomic E-state index is 0.102. The van der Waals surface area contributed by atoms with Crippen molar-refractivity contribution in [2.75, 3.05) is 7.05 Å². The number of nitrogens with one attached hydrogen (secondary N) is 1. The van der Waals surface area contributed by atoms with Crippen LogP contribution in [-0.2, 0) is 18.4 Å². The third-order valence-corrected chi connectivity index (χ3v) is 5.84. The topological polar surface area (TPSA) is 24.9 Å². The Morgan fingerprint density at radius 3 is 2.72 bits per heavy atom. The SMILES string of the molecule is CCC(C)CC(CC)(NC)c1nc2c(s1)CCC2. The summed E-state index contributed by atoms with van der Waals surface area (Å²) in [4.78, 5) is 6.49. The van der Waals surface area contributed by atoms with Crippen molar-refractivity contribution in [2.24, 2.45) is 5.92 Å². The molecule has 1 N–H and O–H groups in total. The Labute approximate surface area is 115 Å². The number of hydrogen-bond acceptors (Lipinski definition) is 3. The van der Waals surface area contributed by atoms with Crippen molar-refractivity contribution >= 4 is 11.3 Å². The summed E-state index contributed by atoms with van der Waals surface area (Å²) < 4.78 is 0. The van der Waals surface area contributed by atoms with Gasteiger partial charge in [-0.25, -0.2) is 4.98 Å². The molecular weight excluding hydrogens is 240 g/mol. The fraction of sp³-hybridized carbons (Fsp3) is 0.800. The van der Waals surface area contributed by atoms with E-state index in [1.807, 2.05) is 11.3 Å². The van der Waals surface area contributed by atoms with E-state index in [2.05, 4.69) is 33.1 Å². The van der Waals surface area contributed by atoms with Crippen LogP contribution in [0.5, 0.6) is 0 Å². The Hall–Kier alpha value is -0.410. The molecule has 1 heterocycles. The largest absolute Gasteiger partial charge is 0.308 e. The van der Waals surface area contributed by atoms with Gasteiger partial charge in [-0.1, -0.05) is 27.2 Å². The van der Waals surface area contributed by atoms with Gasteiger partial charge >= 0.3 is 0 Å². The van der Waals surface area contributed by atoms with Crippen molar-refractivity contribution in [2.45, 2.75) is 64.8 Å². The van der Waals surface area contributed by atoms with E-state index in [9.17, 15) is 0 Å². The summed E-state index contributed by atoms with van der Waals surface area (Å²) in [6.07, 6.45) is 7.31. The standard InChI is InChI=1S/C15H26N2S/c1-5-11(3)10-15(6-2,16-4)14-17-12-8-7-9-13(12)18-14/h11,16H,5-10H2,1-4H3. The van der Waals surface area contributed by atoms with E-state index in [4.69, 9.17) is 4.98 Å². The zero-order chi connectivity index (χ0) is 13.2. The highest BCUT2D eigenvalue weighted by molar-refractivity contribution is 7.12. The molecule has 1 aromatic heterocycles. The van der Waals surface area contributed by atoms with E-state index in [1.165, 1.54) is 42.8 Å². The molecule has 2 unspecified atom stereocenters. The van der Waals surface area contributed by atoms with Gasteiger partial charge in [0.15, 0.2) is 0 Å². The highest BCUT2D eigenvalue weighted by Crippen LogP contribution is 2.38. The number of aryl methyl sites for hydroxylation is 2. The Kier molecular flexibility index (Phi) is 4.44. The molecule has 0 aliphatic heterocycles. The van der Waals surface area contributed by atoms with Crippen LogP contribution < -0.4 is 5.32 Å². The predicted octanol–water partition coefficient (Wildman–Crippen LogP) is 3.89. The van der Waals surface area contributed by atoms with Crippen LogP contribution >= 0.6 is 11.3 Å². The molecule has 0 radical (unpaired) electrons. The molecule has 0 saturated carbocycles. The molecule has 2 atom stereocenters. The summed E-state index contributed by atoms with van der Waals surface area (Å²) in [7, 11) is 2.10. The first-order valence-corrected chi connectivity index (χ1v) is 8.14. The van der Waals surface area contributed by atoms with Gasteiger partial charge in [-0.3, -0.25) is 0 Å². The van der Waals surface area contributed by atoms with Gasteiger partial charge in [-0.15, -0.1) is 11.3 Å². The predicted molar refractivity (Wildman–Crippen MR) is 79.2 cm³/mol. The van der Waals surface area contributed by atoms with E-state index in [1.54, 1.807) is 4.88 Å².